The molecule has 0 radical (unpaired) electrons. The number of halogens is 1. The lowest BCUT2D eigenvalue weighted by Gasteiger charge is -2.18. The number of hydrogen-bond acceptors (Lipinski definition) is 2. The summed E-state index contributed by atoms with van der Waals surface area (Å²) >= 11 is 5.93. The molecule has 3 aromatic carbocycles. The summed E-state index contributed by atoms with van der Waals surface area (Å²) in [6.45, 7) is 10.2. The highest BCUT2D eigenvalue weighted by atomic mass is 35.5. The summed E-state index contributed by atoms with van der Waals surface area (Å²) in [5.41, 5.74) is 9.86. The number of hydrogen-bond donors (Lipinski definition) is 1. The van der Waals surface area contributed by atoms with Crippen LogP contribution in [0.15, 0.2) is 54.6 Å². The van der Waals surface area contributed by atoms with E-state index in [1.165, 1.54) is 27.8 Å². The van der Waals surface area contributed by atoms with Gasteiger partial charge in [0.15, 0.2) is 0 Å². The van der Waals surface area contributed by atoms with Crippen molar-refractivity contribution in [3.05, 3.63) is 98.8 Å². The van der Waals surface area contributed by atoms with E-state index in [1.54, 1.807) is 0 Å². The normalized spacial score (nSPS) is 11.2. The first-order valence-electron chi connectivity index (χ1n) is 11.8. The minimum atomic E-state index is 0.0253. The quantitative estimate of drug-likeness (QED) is 0.307. The number of carbonyl (C=O) groups is 1. The maximum atomic E-state index is 12.3. The van der Waals surface area contributed by atoms with E-state index >= 15 is 0 Å². The van der Waals surface area contributed by atoms with Crippen molar-refractivity contribution in [3.8, 4) is 0 Å². The average Bonchev–Trinajstić information content (AvgIpc) is 3.17. The lowest BCUT2D eigenvalue weighted by Crippen LogP contribution is -2.26. The predicted molar refractivity (Wildman–Crippen MR) is 141 cm³/mol. The zero-order valence-electron chi connectivity index (χ0n) is 20.4. The van der Waals surface area contributed by atoms with Crippen LogP contribution in [0.3, 0.4) is 0 Å². The van der Waals surface area contributed by atoms with E-state index in [2.05, 4.69) is 61.8 Å². The van der Waals surface area contributed by atoms with Crippen molar-refractivity contribution >= 4 is 28.5 Å². The number of amides is 1. The van der Waals surface area contributed by atoms with Crippen molar-refractivity contribution in [1.82, 2.24) is 14.9 Å². The van der Waals surface area contributed by atoms with Gasteiger partial charge < -0.3 is 9.88 Å². The van der Waals surface area contributed by atoms with Crippen molar-refractivity contribution < 1.29 is 4.79 Å². The van der Waals surface area contributed by atoms with Gasteiger partial charge in [0.05, 0.1) is 17.5 Å². The summed E-state index contributed by atoms with van der Waals surface area (Å²) in [5, 5.41) is 3.72. The number of imidazole rings is 1. The smallest absolute Gasteiger partial charge is 0.224 e. The van der Waals surface area contributed by atoms with E-state index in [0.29, 0.717) is 18.0 Å². The van der Waals surface area contributed by atoms with Gasteiger partial charge in [-0.1, -0.05) is 41.9 Å². The Morgan fingerprint density at radius 2 is 1.65 bits per heavy atom. The number of rotatable bonds is 8. The molecule has 1 heterocycles. The number of fused-ring (bicyclic) bond motifs is 1. The minimum absolute atomic E-state index is 0.0253. The molecule has 0 aliphatic carbocycles. The maximum absolute atomic E-state index is 12.3. The number of nitrogens with one attached hydrogen (secondary N) is 1. The fourth-order valence-corrected chi connectivity index (χ4v) is 4.64. The second kappa shape index (κ2) is 10.4. The van der Waals surface area contributed by atoms with Crippen LogP contribution in [-0.4, -0.2) is 22.0 Å². The predicted octanol–water partition coefficient (Wildman–Crippen LogP) is 6.26. The number of para-hydroxylation sites is 2. The van der Waals surface area contributed by atoms with Crippen molar-refractivity contribution in [1.29, 1.82) is 0 Å². The lowest BCUT2D eigenvalue weighted by atomic mass is 9.94. The molecular formula is C29H32ClN3O. The third kappa shape index (κ3) is 5.34. The van der Waals surface area contributed by atoms with Gasteiger partial charge >= 0.3 is 0 Å². The van der Waals surface area contributed by atoms with E-state index in [-0.39, 0.29) is 5.91 Å². The number of benzene rings is 3. The first-order valence-corrected chi connectivity index (χ1v) is 12.2. The molecule has 0 fully saturated rings. The molecule has 0 bridgehead atoms. The number of aromatic nitrogens is 2. The van der Waals surface area contributed by atoms with Gasteiger partial charge in [-0.05, 0) is 91.8 Å². The molecule has 0 aliphatic heterocycles. The second-order valence-corrected chi connectivity index (χ2v) is 9.53. The van der Waals surface area contributed by atoms with Crippen LogP contribution in [0.5, 0.6) is 0 Å². The Morgan fingerprint density at radius 3 is 2.35 bits per heavy atom. The Hall–Kier alpha value is -3.11. The van der Waals surface area contributed by atoms with Crippen LogP contribution in [0, 0.1) is 27.7 Å². The van der Waals surface area contributed by atoms with Crippen LogP contribution in [0.4, 0.5) is 0 Å². The topological polar surface area (TPSA) is 46.9 Å². The van der Waals surface area contributed by atoms with Gasteiger partial charge in [-0.2, -0.15) is 0 Å². The van der Waals surface area contributed by atoms with Gasteiger partial charge in [-0.3, -0.25) is 4.79 Å². The van der Waals surface area contributed by atoms with Crippen molar-refractivity contribution in [3.63, 3.8) is 0 Å². The summed E-state index contributed by atoms with van der Waals surface area (Å²) in [5.74, 6) is 1.09. The third-order valence-electron chi connectivity index (χ3n) is 6.75. The van der Waals surface area contributed by atoms with E-state index in [9.17, 15) is 4.79 Å². The number of aryl methyl sites for hydroxylation is 3. The molecule has 1 amide bonds. The molecule has 4 aromatic rings. The first-order chi connectivity index (χ1) is 16.3. The monoisotopic (exact) mass is 473 g/mol. The molecular weight excluding hydrogens is 442 g/mol. The Balaban J connectivity index is 1.47. The Labute approximate surface area is 207 Å². The molecule has 0 unspecified atom stereocenters. The standard InChI is InChI=1S/C29H32ClN3O/c1-19-16-20(2)22(4)25(21(19)3)18-33-27-9-6-5-8-26(27)32-28(33)10-7-15-31-29(34)17-23-11-13-24(30)14-12-23/h5-6,8-9,11-14,16H,7,10,15,17-18H2,1-4H3,(H,31,34). The molecule has 5 heteroatoms. The molecule has 1 N–H and O–H groups in total. The highest BCUT2D eigenvalue weighted by molar-refractivity contribution is 6.30. The van der Waals surface area contributed by atoms with Crippen LogP contribution in [0.1, 0.15) is 45.6 Å². The number of carbonyl (C=O) groups excluding carboxylic acids is 1. The van der Waals surface area contributed by atoms with Gasteiger partial charge in [0.1, 0.15) is 5.82 Å². The fourth-order valence-electron chi connectivity index (χ4n) is 4.51. The molecule has 0 spiro atoms. The Kier molecular flexibility index (Phi) is 7.38. The maximum Gasteiger partial charge on any atom is 0.224 e. The molecule has 0 saturated carbocycles. The van der Waals surface area contributed by atoms with Gasteiger partial charge in [0.25, 0.3) is 0 Å². The van der Waals surface area contributed by atoms with Gasteiger partial charge in [0.2, 0.25) is 5.91 Å². The van der Waals surface area contributed by atoms with E-state index < -0.39 is 0 Å². The van der Waals surface area contributed by atoms with E-state index in [1.807, 2.05) is 30.3 Å². The lowest BCUT2D eigenvalue weighted by molar-refractivity contribution is -0.120. The fraction of sp³-hybridized carbons (Fsp3) is 0.310. The summed E-state index contributed by atoms with van der Waals surface area (Å²) in [6, 6.07) is 18.0. The van der Waals surface area contributed by atoms with Crippen LogP contribution in [-0.2, 0) is 24.2 Å². The minimum Gasteiger partial charge on any atom is -0.356 e. The molecule has 0 saturated heterocycles. The highest BCUT2D eigenvalue weighted by Gasteiger charge is 2.15. The third-order valence-corrected chi connectivity index (χ3v) is 7.00. The van der Waals surface area contributed by atoms with Crippen LogP contribution in [0.25, 0.3) is 11.0 Å². The Morgan fingerprint density at radius 1 is 0.971 bits per heavy atom. The van der Waals surface area contributed by atoms with Crippen molar-refractivity contribution in [2.24, 2.45) is 0 Å². The van der Waals surface area contributed by atoms with Gasteiger partial charge in [-0.25, -0.2) is 4.98 Å². The molecule has 4 rings (SSSR count). The summed E-state index contributed by atoms with van der Waals surface area (Å²) < 4.78 is 2.35. The zero-order chi connectivity index (χ0) is 24.2. The van der Waals surface area contributed by atoms with Gasteiger partial charge in [-0.15, -0.1) is 0 Å². The van der Waals surface area contributed by atoms with Crippen molar-refractivity contribution in [2.75, 3.05) is 6.54 Å². The highest BCUT2D eigenvalue weighted by Crippen LogP contribution is 2.26. The molecule has 1 aromatic heterocycles. The SMILES string of the molecule is Cc1cc(C)c(C)c(Cn2c(CCCNC(=O)Cc3ccc(Cl)cc3)nc3ccccc32)c1C. The molecule has 0 atom stereocenters. The van der Waals surface area contributed by atoms with E-state index in [0.717, 1.165) is 41.8 Å². The van der Waals surface area contributed by atoms with Crippen LogP contribution < -0.4 is 5.32 Å². The van der Waals surface area contributed by atoms with Crippen molar-refractivity contribution in [2.45, 2.75) is 53.5 Å². The number of nitrogens with zero attached hydrogens (tertiary/aromatic N) is 2. The molecule has 34 heavy (non-hydrogen) atoms. The second-order valence-electron chi connectivity index (χ2n) is 9.10. The first kappa shape index (κ1) is 24.0. The van der Waals surface area contributed by atoms with Gasteiger partial charge in [0, 0.05) is 24.5 Å². The summed E-state index contributed by atoms with van der Waals surface area (Å²) in [4.78, 5) is 17.3. The van der Waals surface area contributed by atoms with Crippen LogP contribution >= 0.6 is 11.6 Å². The Bertz CT molecular complexity index is 1300. The largest absolute Gasteiger partial charge is 0.356 e. The van der Waals surface area contributed by atoms with E-state index in [4.69, 9.17) is 16.6 Å². The zero-order valence-corrected chi connectivity index (χ0v) is 21.2. The molecule has 176 valence electrons. The summed E-state index contributed by atoms with van der Waals surface area (Å²) in [7, 11) is 0. The molecule has 4 nitrogen and oxygen atoms in total. The molecule has 0 aliphatic rings. The summed E-state index contributed by atoms with van der Waals surface area (Å²) in [6.07, 6.45) is 2.00. The van der Waals surface area contributed by atoms with Crippen LogP contribution in [0.2, 0.25) is 5.02 Å². The average molecular weight is 474 g/mol.